The number of hydrogen-bond acceptors (Lipinski definition) is 7. The minimum atomic E-state index is -3.27. The summed E-state index contributed by atoms with van der Waals surface area (Å²) >= 11 is 0. The van der Waals surface area contributed by atoms with Crippen molar-refractivity contribution in [1.82, 2.24) is 9.88 Å². The number of morpholine rings is 1. The molecule has 2 aliphatic heterocycles. The topological polar surface area (TPSA) is 102 Å². The number of alkyl halides is 2. The zero-order valence-corrected chi connectivity index (χ0v) is 16.7. The molecule has 32 heavy (non-hydrogen) atoms. The molecule has 0 bridgehead atoms. The predicted molar refractivity (Wildman–Crippen MR) is 105 cm³/mol. The summed E-state index contributed by atoms with van der Waals surface area (Å²) in [6.45, 7) is -1.59. The number of benzene rings is 1. The van der Waals surface area contributed by atoms with Gasteiger partial charge in [-0.05, 0) is 18.9 Å². The SMILES string of the molecule is O=C(O)Oc1cn(C2CC2)c2c(OC(F)F)c(N3CC4NCCOC4C3)c(F)cc2c1=O. The van der Waals surface area contributed by atoms with Gasteiger partial charge in [0.15, 0.2) is 17.3 Å². The van der Waals surface area contributed by atoms with E-state index in [0.717, 1.165) is 12.3 Å². The van der Waals surface area contributed by atoms with Crippen LogP contribution in [0.25, 0.3) is 10.9 Å². The number of hydrogen-bond donors (Lipinski definition) is 2. The minimum Gasteiger partial charge on any atom is -0.449 e. The monoisotopic (exact) mass is 455 g/mol. The normalized spacial score (nSPS) is 22.9. The largest absolute Gasteiger partial charge is 0.511 e. The van der Waals surface area contributed by atoms with Gasteiger partial charge in [0.05, 0.1) is 35.9 Å². The van der Waals surface area contributed by atoms with Gasteiger partial charge in [0, 0.05) is 25.7 Å². The third-order valence-electron chi connectivity index (χ3n) is 5.93. The third-order valence-corrected chi connectivity index (χ3v) is 5.93. The summed E-state index contributed by atoms with van der Waals surface area (Å²) in [4.78, 5) is 25.4. The summed E-state index contributed by atoms with van der Waals surface area (Å²) < 4.78 is 58.8. The van der Waals surface area contributed by atoms with Crippen LogP contribution in [0.3, 0.4) is 0 Å². The van der Waals surface area contributed by atoms with Crippen LogP contribution in [0.4, 0.5) is 23.7 Å². The molecule has 0 amide bonds. The number of anilines is 1. The fourth-order valence-electron chi connectivity index (χ4n) is 4.50. The van der Waals surface area contributed by atoms with Crippen molar-refractivity contribution in [1.29, 1.82) is 0 Å². The molecular formula is C20H20F3N3O6. The number of aromatic nitrogens is 1. The van der Waals surface area contributed by atoms with Crippen molar-refractivity contribution >= 4 is 22.7 Å². The van der Waals surface area contributed by atoms with E-state index in [-0.39, 0.29) is 41.3 Å². The molecule has 1 aliphatic carbocycles. The lowest BCUT2D eigenvalue weighted by molar-refractivity contribution is -0.0488. The molecular weight excluding hydrogens is 435 g/mol. The van der Waals surface area contributed by atoms with E-state index < -0.39 is 35.5 Å². The molecule has 2 atom stereocenters. The molecule has 3 fully saturated rings. The number of carboxylic acid groups (broad SMARTS) is 1. The Labute approximate surface area is 179 Å². The number of nitrogens with one attached hydrogen (secondary N) is 1. The second kappa shape index (κ2) is 7.85. The molecule has 12 heteroatoms. The molecule has 3 heterocycles. The molecule has 0 radical (unpaired) electrons. The number of carbonyl (C=O) groups is 1. The number of nitrogens with zero attached hydrogens (tertiary/aromatic N) is 2. The highest BCUT2D eigenvalue weighted by Gasteiger charge is 2.39. The van der Waals surface area contributed by atoms with Gasteiger partial charge in [-0.2, -0.15) is 8.78 Å². The van der Waals surface area contributed by atoms with E-state index >= 15 is 4.39 Å². The second-order valence-electron chi connectivity index (χ2n) is 8.01. The predicted octanol–water partition coefficient (Wildman–Crippen LogP) is 2.31. The molecule has 2 N–H and O–H groups in total. The summed E-state index contributed by atoms with van der Waals surface area (Å²) in [6.07, 6.45) is 0.561. The first kappa shape index (κ1) is 20.9. The lowest BCUT2D eigenvalue weighted by atomic mass is 10.1. The average Bonchev–Trinajstić information content (AvgIpc) is 3.48. The van der Waals surface area contributed by atoms with Crippen molar-refractivity contribution in [3.8, 4) is 11.5 Å². The van der Waals surface area contributed by atoms with Crippen LogP contribution in [0.1, 0.15) is 18.9 Å². The summed E-state index contributed by atoms with van der Waals surface area (Å²) in [5, 5.41) is 11.9. The zero-order valence-electron chi connectivity index (χ0n) is 16.7. The first-order chi connectivity index (χ1) is 15.3. The van der Waals surface area contributed by atoms with Crippen molar-refractivity contribution in [3.05, 3.63) is 28.3 Å². The maximum atomic E-state index is 15.3. The van der Waals surface area contributed by atoms with Crippen LogP contribution in [0.5, 0.6) is 11.5 Å². The van der Waals surface area contributed by atoms with Gasteiger partial charge in [0.2, 0.25) is 5.43 Å². The lowest BCUT2D eigenvalue weighted by Crippen LogP contribution is -2.47. The summed E-state index contributed by atoms with van der Waals surface area (Å²) in [5.74, 6) is -1.92. The van der Waals surface area contributed by atoms with E-state index in [0.29, 0.717) is 32.5 Å². The van der Waals surface area contributed by atoms with Gasteiger partial charge in [0.25, 0.3) is 0 Å². The third kappa shape index (κ3) is 3.62. The van der Waals surface area contributed by atoms with Gasteiger partial charge in [-0.25, -0.2) is 9.18 Å². The zero-order chi connectivity index (χ0) is 22.6. The van der Waals surface area contributed by atoms with Crippen LogP contribution in [0.2, 0.25) is 0 Å². The van der Waals surface area contributed by atoms with Crippen LogP contribution in [0.15, 0.2) is 17.1 Å². The van der Waals surface area contributed by atoms with E-state index in [1.54, 1.807) is 4.90 Å². The number of pyridine rings is 1. The summed E-state index contributed by atoms with van der Waals surface area (Å²) in [6, 6.07) is 0.642. The first-order valence-corrected chi connectivity index (χ1v) is 10.2. The standard InChI is InChI=1S/C20H20F3N3O6/c21-11-5-10-15(26(9-1-2-9)8-14(17(10)27)31-20(28)29)18(32-19(22)23)16(11)25-6-12-13(7-25)30-4-3-24-12/h5,8-9,12-13,19,24H,1-4,6-7H2,(H,28,29). The van der Waals surface area contributed by atoms with E-state index in [4.69, 9.17) is 14.6 Å². The highest BCUT2D eigenvalue weighted by atomic mass is 19.3. The van der Waals surface area contributed by atoms with Crippen molar-refractivity contribution in [3.63, 3.8) is 0 Å². The maximum absolute atomic E-state index is 15.3. The van der Waals surface area contributed by atoms with Crippen LogP contribution in [-0.2, 0) is 4.74 Å². The number of halogens is 3. The number of ether oxygens (including phenoxy) is 3. The van der Waals surface area contributed by atoms with Crippen molar-refractivity contribution in [2.24, 2.45) is 0 Å². The Kier molecular flexibility index (Phi) is 5.13. The molecule has 2 saturated heterocycles. The van der Waals surface area contributed by atoms with E-state index in [1.807, 2.05) is 0 Å². The fraction of sp³-hybridized carbons (Fsp3) is 0.500. The number of rotatable bonds is 5. The van der Waals surface area contributed by atoms with Gasteiger partial charge in [-0.15, -0.1) is 0 Å². The Bertz CT molecular complexity index is 1120. The van der Waals surface area contributed by atoms with Crippen LogP contribution < -0.4 is 25.1 Å². The van der Waals surface area contributed by atoms with Crippen LogP contribution in [-0.4, -0.2) is 60.8 Å². The van der Waals surface area contributed by atoms with Gasteiger partial charge >= 0.3 is 12.8 Å². The first-order valence-electron chi connectivity index (χ1n) is 10.2. The molecule has 1 aromatic heterocycles. The second-order valence-corrected chi connectivity index (χ2v) is 8.01. The Balaban J connectivity index is 1.72. The van der Waals surface area contributed by atoms with Crippen LogP contribution in [0, 0.1) is 5.82 Å². The molecule has 9 nitrogen and oxygen atoms in total. The van der Waals surface area contributed by atoms with Crippen molar-refractivity contribution in [2.45, 2.75) is 37.6 Å². The van der Waals surface area contributed by atoms with E-state index in [2.05, 4.69) is 10.1 Å². The minimum absolute atomic E-state index is 0.0179. The van der Waals surface area contributed by atoms with Crippen molar-refractivity contribution in [2.75, 3.05) is 31.1 Å². The molecule has 1 saturated carbocycles. The molecule has 5 rings (SSSR count). The summed E-state index contributed by atoms with van der Waals surface area (Å²) in [5.41, 5.74) is -1.13. The Morgan fingerprint density at radius 3 is 2.75 bits per heavy atom. The molecule has 0 spiro atoms. The van der Waals surface area contributed by atoms with E-state index in [9.17, 15) is 18.4 Å². The maximum Gasteiger partial charge on any atom is 0.511 e. The average molecular weight is 455 g/mol. The highest BCUT2D eigenvalue weighted by Crippen LogP contribution is 2.45. The molecule has 3 aliphatic rings. The van der Waals surface area contributed by atoms with E-state index in [1.165, 1.54) is 4.57 Å². The number of fused-ring (bicyclic) bond motifs is 2. The molecule has 2 unspecified atom stereocenters. The quantitative estimate of drug-likeness (QED) is 0.663. The highest BCUT2D eigenvalue weighted by molar-refractivity contribution is 5.92. The Morgan fingerprint density at radius 1 is 1.31 bits per heavy atom. The molecule has 1 aromatic carbocycles. The van der Waals surface area contributed by atoms with Gasteiger partial charge in [-0.1, -0.05) is 0 Å². The van der Waals surface area contributed by atoms with Crippen LogP contribution >= 0.6 is 0 Å². The molecule has 172 valence electrons. The van der Waals surface area contributed by atoms with Gasteiger partial charge < -0.3 is 34.1 Å². The lowest BCUT2D eigenvalue weighted by Gasteiger charge is -2.25. The van der Waals surface area contributed by atoms with Gasteiger partial charge in [0.1, 0.15) is 5.69 Å². The summed E-state index contributed by atoms with van der Waals surface area (Å²) in [7, 11) is 0. The fourth-order valence-corrected chi connectivity index (χ4v) is 4.50. The van der Waals surface area contributed by atoms with Crippen molar-refractivity contribution < 1.29 is 37.3 Å². The Hall–Kier alpha value is -2.99. The smallest absolute Gasteiger partial charge is 0.449 e. The Morgan fingerprint density at radius 2 is 2.09 bits per heavy atom. The molecule has 2 aromatic rings. The van der Waals surface area contributed by atoms with Gasteiger partial charge in [-0.3, -0.25) is 4.79 Å².